The second kappa shape index (κ2) is 5.75. The molecule has 0 aliphatic carbocycles. The van der Waals surface area contributed by atoms with E-state index in [1.807, 2.05) is 22.9 Å². The SMILES string of the molecule is CC(C)(C)NCc1cccn1Cc1cccc(F)c1F. The van der Waals surface area contributed by atoms with Crippen LogP contribution in [0.1, 0.15) is 32.0 Å². The van der Waals surface area contributed by atoms with Gasteiger partial charge < -0.3 is 9.88 Å². The van der Waals surface area contributed by atoms with Crippen molar-refractivity contribution in [2.45, 2.75) is 39.4 Å². The maximum Gasteiger partial charge on any atom is 0.163 e. The second-order valence-corrected chi connectivity index (χ2v) is 5.94. The van der Waals surface area contributed by atoms with E-state index < -0.39 is 11.6 Å². The fourth-order valence-electron chi connectivity index (χ4n) is 1.97. The molecule has 0 bridgehead atoms. The molecule has 0 spiro atoms. The summed E-state index contributed by atoms with van der Waals surface area (Å²) in [7, 11) is 0. The minimum atomic E-state index is -0.802. The third-order valence-corrected chi connectivity index (χ3v) is 3.10. The number of nitrogens with one attached hydrogen (secondary N) is 1. The largest absolute Gasteiger partial charge is 0.346 e. The first kappa shape index (κ1) is 14.7. The van der Waals surface area contributed by atoms with Gasteiger partial charge in [0.15, 0.2) is 11.6 Å². The molecule has 0 aliphatic heterocycles. The molecule has 1 aromatic heterocycles. The zero-order valence-corrected chi connectivity index (χ0v) is 12.1. The minimum Gasteiger partial charge on any atom is -0.346 e. The van der Waals surface area contributed by atoms with Gasteiger partial charge >= 0.3 is 0 Å². The summed E-state index contributed by atoms with van der Waals surface area (Å²) in [6, 6.07) is 8.17. The molecule has 108 valence electrons. The van der Waals surface area contributed by atoms with Crippen LogP contribution in [-0.4, -0.2) is 10.1 Å². The summed E-state index contributed by atoms with van der Waals surface area (Å²) in [5.41, 5.74) is 1.42. The van der Waals surface area contributed by atoms with Crippen molar-refractivity contribution >= 4 is 0 Å². The van der Waals surface area contributed by atoms with E-state index in [0.717, 1.165) is 11.8 Å². The van der Waals surface area contributed by atoms with E-state index >= 15 is 0 Å². The van der Waals surface area contributed by atoms with Crippen LogP contribution in [0.3, 0.4) is 0 Å². The first-order chi connectivity index (χ1) is 9.37. The maximum absolute atomic E-state index is 13.7. The van der Waals surface area contributed by atoms with Crippen LogP contribution in [0.4, 0.5) is 8.78 Å². The lowest BCUT2D eigenvalue weighted by Crippen LogP contribution is -2.35. The highest BCUT2D eigenvalue weighted by atomic mass is 19.2. The Morgan fingerprint density at radius 2 is 1.85 bits per heavy atom. The monoisotopic (exact) mass is 278 g/mol. The smallest absolute Gasteiger partial charge is 0.163 e. The molecule has 0 atom stereocenters. The summed E-state index contributed by atoms with van der Waals surface area (Å²) in [5, 5.41) is 3.39. The molecule has 0 saturated heterocycles. The van der Waals surface area contributed by atoms with Crippen LogP contribution >= 0.6 is 0 Å². The van der Waals surface area contributed by atoms with E-state index in [4.69, 9.17) is 0 Å². The highest BCUT2D eigenvalue weighted by molar-refractivity contribution is 5.21. The molecule has 2 nitrogen and oxygen atoms in total. The lowest BCUT2D eigenvalue weighted by Gasteiger charge is -2.21. The van der Waals surface area contributed by atoms with Gasteiger partial charge in [0, 0.05) is 29.5 Å². The van der Waals surface area contributed by atoms with Gasteiger partial charge in [0.1, 0.15) is 0 Å². The Morgan fingerprint density at radius 3 is 2.55 bits per heavy atom. The van der Waals surface area contributed by atoms with E-state index in [1.54, 1.807) is 6.07 Å². The third kappa shape index (κ3) is 3.67. The fraction of sp³-hybridized carbons (Fsp3) is 0.375. The Morgan fingerprint density at radius 1 is 1.10 bits per heavy atom. The van der Waals surface area contributed by atoms with Crippen molar-refractivity contribution in [1.29, 1.82) is 0 Å². The number of benzene rings is 1. The second-order valence-electron chi connectivity index (χ2n) is 5.94. The summed E-state index contributed by atoms with van der Waals surface area (Å²) in [6.07, 6.45) is 1.88. The number of hydrogen-bond donors (Lipinski definition) is 1. The lowest BCUT2D eigenvalue weighted by atomic mass is 10.1. The van der Waals surface area contributed by atoms with Crippen molar-refractivity contribution in [1.82, 2.24) is 9.88 Å². The molecule has 1 N–H and O–H groups in total. The van der Waals surface area contributed by atoms with Gasteiger partial charge in [-0.25, -0.2) is 8.78 Å². The van der Waals surface area contributed by atoms with Crippen molar-refractivity contribution in [3.05, 3.63) is 59.4 Å². The Labute approximate surface area is 118 Å². The molecule has 0 amide bonds. The molecule has 4 heteroatoms. The van der Waals surface area contributed by atoms with Crippen molar-refractivity contribution in [3.8, 4) is 0 Å². The fourth-order valence-corrected chi connectivity index (χ4v) is 1.97. The van der Waals surface area contributed by atoms with Gasteiger partial charge in [0.25, 0.3) is 0 Å². The van der Waals surface area contributed by atoms with Gasteiger partial charge in [-0.2, -0.15) is 0 Å². The molecule has 0 fully saturated rings. The number of nitrogens with zero attached hydrogens (tertiary/aromatic N) is 1. The first-order valence-corrected chi connectivity index (χ1v) is 6.69. The summed E-state index contributed by atoms with van der Waals surface area (Å²) >= 11 is 0. The minimum absolute atomic E-state index is 0.0131. The predicted octanol–water partition coefficient (Wildman–Crippen LogP) is 3.70. The highest BCUT2D eigenvalue weighted by Crippen LogP contribution is 2.15. The van der Waals surface area contributed by atoms with Crippen molar-refractivity contribution in [3.63, 3.8) is 0 Å². The van der Waals surface area contributed by atoms with Crippen LogP contribution in [0, 0.1) is 11.6 Å². The van der Waals surface area contributed by atoms with E-state index in [2.05, 4.69) is 26.1 Å². The van der Waals surface area contributed by atoms with E-state index in [-0.39, 0.29) is 5.54 Å². The van der Waals surface area contributed by atoms with Crippen LogP contribution in [0.5, 0.6) is 0 Å². The topological polar surface area (TPSA) is 17.0 Å². The first-order valence-electron chi connectivity index (χ1n) is 6.69. The summed E-state index contributed by atoms with van der Waals surface area (Å²) in [4.78, 5) is 0. The molecule has 0 aliphatic rings. The zero-order chi connectivity index (χ0) is 14.8. The molecular formula is C16H20F2N2. The van der Waals surface area contributed by atoms with Crippen LogP contribution in [-0.2, 0) is 13.1 Å². The van der Waals surface area contributed by atoms with Crippen LogP contribution in [0.15, 0.2) is 36.5 Å². The van der Waals surface area contributed by atoms with E-state index in [1.165, 1.54) is 6.07 Å². The summed E-state index contributed by atoms with van der Waals surface area (Å²) in [5.74, 6) is -1.57. The summed E-state index contributed by atoms with van der Waals surface area (Å²) in [6.45, 7) is 7.29. The Kier molecular flexibility index (Phi) is 4.23. The Hall–Kier alpha value is -1.68. The van der Waals surface area contributed by atoms with Crippen molar-refractivity contribution in [2.75, 3.05) is 0 Å². The van der Waals surface area contributed by atoms with Gasteiger partial charge in [0.2, 0.25) is 0 Å². The quantitative estimate of drug-likeness (QED) is 0.902. The third-order valence-electron chi connectivity index (χ3n) is 3.10. The van der Waals surface area contributed by atoms with Crippen molar-refractivity contribution in [2.24, 2.45) is 0 Å². The predicted molar refractivity (Wildman–Crippen MR) is 76.5 cm³/mol. The molecule has 1 heterocycles. The van der Waals surface area contributed by atoms with Crippen LogP contribution in [0.25, 0.3) is 0 Å². The maximum atomic E-state index is 13.7. The molecule has 0 radical (unpaired) electrons. The Balaban J connectivity index is 2.14. The molecule has 0 saturated carbocycles. The molecule has 2 rings (SSSR count). The molecule has 20 heavy (non-hydrogen) atoms. The highest BCUT2D eigenvalue weighted by Gasteiger charge is 2.12. The molecule has 1 aromatic carbocycles. The number of rotatable bonds is 4. The zero-order valence-electron chi connectivity index (χ0n) is 12.1. The van der Waals surface area contributed by atoms with Crippen LogP contribution < -0.4 is 5.32 Å². The van der Waals surface area contributed by atoms with E-state index in [0.29, 0.717) is 18.7 Å². The van der Waals surface area contributed by atoms with Gasteiger partial charge in [0.05, 0.1) is 6.54 Å². The van der Waals surface area contributed by atoms with E-state index in [9.17, 15) is 8.78 Å². The van der Waals surface area contributed by atoms with Gasteiger partial charge in [-0.3, -0.25) is 0 Å². The lowest BCUT2D eigenvalue weighted by molar-refractivity contribution is 0.416. The normalized spacial score (nSPS) is 11.8. The van der Waals surface area contributed by atoms with Crippen molar-refractivity contribution < 1.29 is 8.78 Å². The number of hydrogen-bond acceptors (Lipinski definition) is 1. The van der Waals surface area contributed by atoms with Gasteiger partial charge in [-0.15, -0.1) is 0 Å². The standard InChI is InChI=1S/C16H20F2N2/c1-16(2,3)19-10-13-7-5-9-20(13)11-12-6-4-8-14(17)15(12)18/h4-9,19H,10-11H2,1-3H3. The van der Waals surface area contributed by atoms with Gasteiger partial charge in [-0.05, 0) is 39.0 Å². The molecule has 2 aromatic rings. The molecular weight excluding hydrogens is 258 g/mol. The Bertz CT molecular complexity index is 582. The average Bonchev–Trinajstić information content (AvgIpc) is 2.79. The number of halogens is 2. The van der Waals surface area contributed by atoms with Gasteiger partial charge in [-0.1, -0.05) is 12.1 Å². The number of aromatic nitrogens is 1. The van der Waals surface area contributed by atoms with Crippen LogP contribution in [0.2, 0.25) is 0 Å². The average molecular weight is 278 g/mol. The molecule has 0 unspecified atom stereocenters. The summed E-state index contributed by atoms with van der Waals surface area (Å²) < 4.78 is 28.8.